The van der Waals surface area contributed by atoms with Gasteiger partial charge in [-0.05, 0) is 50.6 Å². The summed E-state index contributed by atoms with van der Waals surface area (Å²) in [6.07, 6.45) is 0. The van der Waals surface area contributed by atoms with Gasteiger partial charge in [0, 0.05) is 11.6 Å². The van der Waals surface area contributed by atoms with Crippen molar-refractivity contribution in [2.45, 2.75) is 26.8 Å². The molecule has 0 unspecified atom stereocenters. The standard InChI is InChI=1S/C17H16N4O/c1-10(2)21-14-8-7-12(9-13(14)19-20-21)17-18-16-11(3)5-4-6-15(16)22-17/h4-10H,1-3H3. The summed E-state index contributed by atoms with van der Waals surface area (Å²) in [5.74, 6) is 0.616. The van der Waals surface area contributed by atoms with E-state index in [-0.39, 0.29) is 6.04 Å². The molecule has 5 heteroatoms. The molecule has 110 valence electrons. The maximum atomic E-state index is 5.87. The number of nitrogens with zero attached hydrogens (tertiary/aromatic N) is 4. The van der Waals surface area contributed by atoms with Crippen molar-refractivity contribution in [2.75, 3.05) is 0 Å². The summed E-state index contributed by atoms with van der Waals surface area (Å²) in [6.45, 7) is 6.21. The highest BCUT2D eigenvalue weighted by Gasteiger charge is 2.13. The first-order chi connectivity index (χ1) is 10.6. The molecule has 0 aliphatic carbocycles. The third kappa shape index (κ3) is 1.89. The lowest BCUT2D eigenvalue weighted by Crippen LogP contribution is -2.02. The van der Waals surface area contributed by atoms with Crippen molar-refractivity contribution in [2.24, 2.45) is 0 Å². The number of benzene rings is 2. The number of para-hydroxylation sites is 1. The number of hydrogen-bond donors (Lipinski definition) is 0. The van der Waals surface area contributed by atoms with Crippen molar-refractivity contribution in [1.29, 1.82) is 0 Å². The lowest BCUT2D eigenvalue weighted by atomic mass is 10.2. The summed E-state index contributed by atoms with van der Waals surface area (Å²) >= 11 is 0. The molecule has 0 saturated carbocycles. The first kappa shape index (κ1) is 13.0. The Bertz CT molecular complexity index is 981. The van der Waals surface area contributed by atoms with Crippen molar-refractivity contribution >= 4 is 22.1 Å². The van der Waals surface area contributed by atoms with Gasteiger partial charge in [-0.15, -0.1) is 5.10 Å². The SMILES string of the molecule is Cc1cccc2oc(-c3ccc4c(c3)nnn4C(C)C)nc12. The van der Waals surface area contributed by atoms with Crippen molar-refractivity contribution in [3.8, 4) is 11.5 Å². The van der Waals surface area contributed by atoms with Gasteiger partial charge in [-0.3, -0.25) is 0 Å². The quantitative estimate of drug-likeness (QED) is 0.557. The van der Waals surface area contributed by atoms with Crippen molar-refractivity contribution in [1.82, 2.24) is 20.0 Å². The van der Waals surface area contributed by atoms with Crippen LogP contribution in [-0.2, 0) is 0 Å². The third-order valence-corrected chi connectivity index (χ3v) is 3.83. The molecule has 2 aromatic carbocycles. The van der Waals surface area contributed by atoms with Crippen LogP contribution in [0.4, 0.5) is 0 Å². The van der Waals surface area contributed by atoms with Gasteiger partial charge >= 0.3 is 0 Å². The van der Waals surface area contributed by atoms with Crippen LogP contribution < -0.4 is 0 Å². The fraction of sp³-hybridized carbons (Fsp3) is 0.235. The predicted octanol–water partition coefficient (Wildman–Crippen LogP) is 4.13. The lowest BCUT2D eigenvalue weighted by Gasteiger charge is -2.04. The molecular weight excluding hydrogens is 276 g/mol. The van der Waals surface area contributed by atoms with Crippen molar-refractivity contribution < 1.29 is 4.42 Å². The highest BCUT2D eigenvalue weighted by atomic mass is 16.3. The Hall–Kier alpha value is -2.69. The zero-order valence-corrected chi connectivity index (χ0v) is 12.7. The van der Waals surface area contributed by atoms with Crippen LogP contribution in [-0.4, -0.2) is 20.0 Å². The molecule has 0 fully saturated rings. The number of fused-ring (bicyclic) bond motifs is 2. The van der Waals surface area contributed by atoms with Gasteiger partial charge in [0.15, 0.2) is 5.58 Å². The maximum Gasteiger partial charge on any atom is 0.227 e. The van der Waals surface area contributed by atoms with Gasteiger partial charge in [0.05, 0.1) is 5.52 Å². The summed E-state index contributed by atoms with van der Waals surface area (Å²) in [5, 5.41) is 8.44. The minimum Gasteiger partial charge on any atom is -0.436 e. The Morgan fingerprint density at radius 1 is 1.14 bits per heavy atom. The Morgan fingerprint density at radius 3 is 2.77 bits per heavy atom. The van der Waals surface area contributed by atoms with Crippen LogP contribution in [0, 0.1) is 6.92 Å². The highest BCUT2D eigenvalue weighted by Crippen LogP contribution is 2.28. The number of oxazole rings is 1. The first-order valence-electron chi connectivity index (χ1n) is 7.35. The van der Waals surface area contributed by atoms with Crippen LogP contribution in [0.5, 0.6) is 0 Å². The molecular formula is C17H16N4O. The molecule has 0 spiro atoms. The van der Waals surface area contributed by atoms with E-state index in [4.69, 9.17) is 4.42 Å². The van der Waals surface area contributed by atoms with Gasteiger partial charge in [0.1, 0.15) is 11.0 Å². The smallest absolute Gasteiger partial charge is 0.227 e. The molecule has 2 heterocycles. The second kappa shape index (κ2) is 4.66. The van der Waals surface area contributed by atoms with Gasteiger partial charge in [-0.2, -0.15) is 0 Å². The highest BCUT2D eigenvalue weighted by molar-refractivity contribution is 5.83. The second-order valence-corrected chi connectivity index (χ2v) is 5.77. The lowest BCUT2D eigenvalue weighted by molar-refractivity contribution is 0.530. The molecule has 4 aromatic rings. The fourth-order valence-electron chi connectivity index (χ4n) is 2.67. The van der Waals surface area contributed by atoms with Crippen molar-refractivity contribution in [3.05, 3.63) is 42.0 Å². The van der Waals surface area contributed by atoms with Crippen molar-refractivity contribution in [3.63, 3.8) is 0 Å². The molecule has 2 aromatic heterocycles. The van der Waals surface area contributed by atoms with E-state index in [1.807, 2.05) is 48.0 Å². The number of aryl methyl sites for hydroxylation is 1. The van der Waals surface area contributed by atoms with Gasteiger partial charge in [0.2, 0.25) is 5.89 Å². The average molecular weight is 292 g/mol. The monoisotopic (exact) mass is 292 g/mol. The number of hydrogen-bond acceptors (Lipinski definition) is 4. The largest absolute Gasteiger partial charge is 0.436 e. The van der Waals surface area contributed by atoms with Gasteiger partial charge in [0.25, 0.3) is 0 Å². The Kier molecular flexibility index (Phi) is 2.76. The molecule has 0 radical (unpaired) electrons. The molecule has 0 aliphatic rings. The second-order valence-electron chi connectivity index (χ2n) is 5.77. The zero-order valence-electron chi connectivity index (χ0n) is 12.7. The van der Waals surface area contributed by atoms with E-state index in [0.717, 1.165) is 33.3 Å². The molecule has 0 amide bonds. The normalized spacial score (nSPS) is 11.8. The Morgan fingerprint density at radius 2 is 2.00 bits per heavy atom. The van der Waals surface area contributed by atoms with E-state index in [1.54, 1.807) is 0 Å². The molecule has 22 heavy (non-hydrogen) atoms. The predicted molar refractivity (Wildman–Crippen MR) is 85.7 cm³/mol. The van der Waals surface area contributed by atoms with Crippen LogP contribution in [0.25, 0.3) is 33.6 Å². The summed E-state index contributed by atoms with van der Waals surface area (Å²) in [6, 6.07) is 12.2. The third-order valence-electron chi connectivity index (χ3n) is 3.83. The Labute approximate surface area is 127 Å². The van der Waals surface area contributed by atoms with E-state index < -0.39 is 0 Å². The molecule has 0 bridgehead atoms. The van der Waals surface area contributed by atoms with E-state index >= 15 is 0 Å². The van der Waals surface area contributed by atoms with Crippen LogP contribution in [0.1, 0.15) is 25.5 Å². The minimum atomic E-state index is 0.280. The van der Waals surface area contributed by atoms with E-state index in [2.05, 4.69) is 29.1 Å². The summed E-state index contributed by atoms with van der Waals surface area (Å²) in [4.78, 5) is 4.61. The summed E-state index contributed by atoms with van der Waals surface area (Å²) in [5.41, 5.74) is 5.61. The van der Waals surface area contributed by atoms with E-state index in [0.29, 0.717) is 5.89 Å². The van der Waals surface area contributed by atoms with E-state index in [1.165, 1.54) is 0 Å². The van der Waals surface area contributed by atoms with Crippen LogP contribution in [0.15, 0.2) is 40.8 Å². The van der Waals surface area contributed by atoms with Gasteiger partial charge in [-0.25, -0.2) is 9.67 Å². The molecule has 0 atom stereocenters. The number of rotatable bonds is 2. The molecule has 4 rings (SSSR count). The zero-order chi connectivity index (χ0) is 15.3. The Balaban J connectivity index is 1.87. The molecule has 0 N–H and O–H groups in total. The maximum absolute atomic E-state index is 5.87. The topological polar surface area (TPSA) is 56.7 Å². The minimum absolute atomic E-state index is 0.280. The summed E-state index contributed by atoms with van der Waals surface area (Å²) < 4.78 is 7.78. The van der Waals surface area contributed by atoms with Crippen LogP contribution >= 0.6 is 0 Å². The first-order valence-corrected chi connectivity index (χ1v) is 7.35. The fourth-order valence-corrected chi connectivity index (χ4v) is 2.67. The van der Waals surface area contributed by atoms with Gasteiger partial charge in [-0.1, -0.05) is 17.3 Å². The average Bonchev–Trinajstić information content (AvgIpc) is 3.11. The molecule has 0 aliphatic heterocycles. The summed E-state index contributed by atoms with van der Waals surface area (Å²) in [7, 11) is 0. The molecule has 0 saturated heterocycles. The van der Waals surface area contributed by atoms with Crippen LogP contribution in [0.2, 0.25) is 0 Å². The van der Waals surface area contributed by atoms with E-state index in [9.17, 15) is 0 Å². The number of aromatic nitrogens is 4. The van der Waals surface area contributed by atoms with Gasteiger partial charge < -0.3 is 4.42 Å². The molecule has 5 nitrogen and oxygen atoms in total. The van der Waals surface area contributed by atoms with Crippen LogP contribution in [0.3, 0.4) is 0 Å².